The molecule has 0 fully saturated rings. The van der Waals surface area contributed by atoms with Crippen LogP contribution in [0.1, 0.15) is 26.3 Å². The van der Waals surface area contributed by atoms with Crippen molar-refractivity contribution < 1.29 is 14.7 Å². The monoisotopic (exact) mass is 278 g/mol. The number of nitrogens with one attached hydrogen (secondary N) is 1. The minimum Gasteiger partial charge on any atom is -0.508 e. The van der Waals surface area contributed by atoms with E-state index >= 15 is 0 Å². The van der Waals surface area contributed by atoms with Gasteiger partial charge in [0.2, 0.25) is 11.8 Å². The van der Waals surface area contributed by atoms with Crippen LogP contribution in [0.25, 0.3) is 0 Å². The summed E-state index contributed by atoms with van der Waals surface area (Å²) in [7, 11) is 0. The number of nitrogens with zero attached hydrogens (tertiary/aromatic N) is 1. The molecule has 2 amide bonds. The van der Waals surface area contributed by atoms with E-state index in [0.717, 1.165) is 0 Å². The quantitative estimate of drug-likeness (QED) is 0.824. The Kier molecular flexibility index (Phi) is 6.03. The number of phenolic OH excluding ortho intramolecular Hbond substituents is 1. The van der Waals surface area contributed by atoms with E-state index in [4.69, 9.17) is 0 Å². The average molecular weight is 278 g/mol. The van der Waals surface area contributed by atoms with Crippen LogP contribution in [0.5, 0.6) is 5.75 Å². The van der Waals surface area contributed by atoms with Crippen molar-refractivity contribution in [1.29, 1.82) is 0 Å². The fourth-order valence-corrected chi connectivity index (χ4v) is 2.00. The number of carbonyl (C=O) groups excluding carboxylic acids is 2. The van der Waals surface area contributed by atoms with E-state index in [1.54, 1.807) is 30.0 Å². The SMILES string of the molecule is CCN(CC)C(=O)C(C)NC(=O)Cc1ccccc1O. The first-order valence-electron chi connectivity index (χ1n) is 6.84. The summed E-state index contributed by atoms with van der Waals surface area (Å²) in [5.41, 5.74) is 0.549. The van der Waals surface area contributed by atoms with Gasteiger partial charge in [0.1, 0.15) is 11.8 Å². The lowest BCUT2D eigenvalue weighted by Crippen LogP contribution is -2.47. The molecule has 2 N–H and O–H groups in total. The maximum atomic E-state index is 12.0. The topological polar surface area (TPSA) is 69.6 Å². The predicted octanol–water partition coefficient (Wildman–Crippen LogP) is 1.31. The molecule has 110 valence electrons. The van der Waals surface area contributed by atoms with Gasteiger partial charge in [-0.3, -0.25) is 9.59 Å². The van der Waals surface area contributed by atoms with Crippen LogP contribution >= 0.6 is 0 Å². The average Bonchev–Trinajstić information content (AvgIpc) is 2.42. The Morgan fingerprint density at radius 3 is 2.40 bits per heavy atom. The van der Waals surface area contributed by atoms with Gasteiger partial charge in [0, 0.05) is 18.7 Å². The molecule has 0 aliphatic heterocycles. The van der Waals surface area contributed by atoms with E-state index in [1.165, 1.54) is 6.07 Å². The number of carbonyl (C=O) groups is 2. The lowest BCUT2D eigenvalue weighted by Gasteiger charge is -2.23. The molecule has 1 aromatic carbocycles. The summed E-state index contributed by atoms with van der Waals surface area (Å²) in [6.45, 7) is 6.71. The van der Waals surface area contributed by atoms with Gasteiger partial charge in [-0.15, -0.1) is 0 Å². The lowest BCUT2D eigenvalue weighted by molar-refractivity contribution is -0.135. The van der Waals surface area contributed by atoms with E-state index in [1.807, 2.05) is 13.8 Å². The Labute approximate surface area is 119 Å². The number of phenols is 1. The zero-order valence-corrected chi connectivity index (χ0v) is 12.2. The molecule has 0 aromatic heterocycles. The molecule has 20 heavy (non-hydrogen) atoms. The molecule has 1 rings (SSSR count). The molecular weight excluding hydrogens is 256 g/mol. The van der Waals surface area contributed by atoms with Gasteiger partial charge in [-0.25, -0.2) is 0 Å². The van der Waals surface area contributed by atoms with Crippen LogP contribution in [-0.4, -0.2) is 41.0 Å². The van der Waals surface area contributed by atoms with Gasteiger partial charge >= 0.3 is 0 Å². The Morgan fingerprint density at radius 1 is 1.25 bits per heavy atom. The van der Waals surface area contributed by atoms with Crippen LogP contribution in [0.15, 0.2) is 24.3 Å². The molecule has 0 heterocycles. The molecular formula is C15H22N2O3. The Balaban J connectivity index is 2.58. The number of benzene rings is 1. The van der Waals surface area contributed by atoms with Crippen LogP contribution < -0.4 is 5.32 Å². The number of hydrogen-bond donors (Lipinski definition) is 2. The first-order valence-corrected chi connectivity index (χ1v) is 6.84. The van der Waals surface area contributed by atoms with Crippen molar-refractivity contribution in [2.45, 2.75) is 33.2 Å². The smallest absolute Gasteiger partial charge is 0.244 e. The van der Waals surface area contributed by atoms with Gasteiger partial charge in [0.25, 0.3) is 0 Å². The maximum Gasteiger partial charge on any atom is 0.244 e. The van der Waals surface area contributed by atoms with E-state index < -0.39 is 6.04 Å². The highest BCUT2D eigenvalue weighted by molar-refractivity contribution is 5.88. The summed E-state index contributed by atoms with van der Waals surface area (Å²) < 4.78 is 0. The molecule has 0 aliphatic rings. The molecule has 5 nitrogen and oxygen atoms in total. The van der Waals surface area contributed by atoms with Crippen LogP contribution in [0.2, 0.25) is 0 Å². The first-order chi connectivity index (χ1) is 9.49. The van der Waals surface area contributed by atoms with Crippen molar-refractivity contribution in [2.75, 3.05) is 13.1 Å². The van der Waals surface area contributed by atoms with Gasteiger partial charge < -0.3 is 15.3 Å². The predicted molar refractivity (Wildman–Crippen MR) is 77.3 cm³/mol. The van der Waals surface area contributed by atoms with E-state index in [9.17, 15) is 14.7 Å². The highest BCUT2D eigenvalue weighted by atomic mass is 16.3. The highest BCUT2D eigenvalue weighted by Crippen LogP contribution is 2.15. The van der Waals surface area contributed by atoms with Crippen molar-refractivity contribution in [3.8, 4) is 5.75 Å². The van der Waals surface area contributed by atoms with Crippen LogP contribution in [-0.2, 0) is 16.0 Å². The maximum absolute atomic E-state index is 12.0. The van der Waals surface area contributed by atoms with Crippen molar-refractivity contribution in [1.82, 2.24) is 10.2 Å². The number of aromatic hydroxyl groups is 1. The van der Waals surface area contributed by atoms with Crippen molar-refractivity contribution in [2.24, 2.45) is 0 Å². The van der Waals surface area contributed by atoms with Crippen LogP contribution in [0.4, 0.5) is 0 Å². The molecule has 5 heteroatoms. The van der Waals surface area contributed by atoms with Gasteiger partial charge in [-0.1, -0.05) is 18.2 Å². The highest BCUT2D eigenvalue weighted by Gasteiger charge is 2.20. The Hall–Kier alpha value is -2.04. The Bertz CT molecular complexity index is 470. The normalized spacial score (nSPS) is 11.8. The van der Waals surface area contributed by atoms with Gasteiger partial charge in [0.15, 0.2) is 0 Å². The largest absolute Gasteiger partial charge is 0.508 e. The number of amides is 2. The second-order valence-electron chi connectivity index (χ2n) is 4.61. The zero-order valence-electron chi connectivity index (χ0n) is 12.2. The third-order valence-electron chi connectivity index (χ3n) is 3.17. The van der Waals surface area contributed by atoms with Gasteiger partial charge in [0.05, 0.1) is 6.42 Å². The lowest BCUT2D eigenvalue weighted by atomic mass is 10.1. The number of para-hydroxylation sites is 1. The first kappa shape index (κ1) is 16.0. The second-order valence-corrected chi connectivity index (χ2v) is 4.61. The van der Waals surface area contributed by atoms with E-state index in [2.05, 4.69) is 5.32 Å². The standard InChI is InChI=1S/C15H22N2O3/c1-4-17(5-2)15(20)11(3)16-14(19)10-12-8-6-7-9-13(12)18/h6-9,11,18H,4-5,10H2,1-3H3,(H,16,19). The second kappa shape index (κ2) is 7.53. The number of likely N-dealkylation sites (N-methyl/N-ethyl adjacent to an activating group) is 1. The Morgan fingerprint density at radius 2 is 1.85 bits per heavy atom. The summed E-state index contributed by atoms with van der Waals surface area (Å²) in [6.07, 6.45) is 0.0581. The molecule has 0 spiro atoms. The van der Waals surface area contributed by atoms with E-state index in [-0.39, 0.29) is 24.0 Å². The van der Waals surface area contributed by atoms with Crippen molar-refractivity contribution in [3.63, 3.8) is 0 Å². The fraction of sp³-hybridized carbons (Fsp3) is 0.467. The molecule has 1 aromatic rings. The zero-order chi connectivity index (χ0) is 15.1. The number of rotatable bonds is 6. The van der Waals surface area contributed by atoms with Gasteiger partial charge in [-0.05, 0) is 26.8 Å². The molecule has 0 bridgehead atoms. The van der Waals surface area contributed by atoms with E-state index in [0.29, 0.717) is 18.7 Å². The summed E-state index contributed by atoms with van der Waals surface area (Å²) in [5.74, 6) is -0.287. The van der Waals surface area contributed by atoms with Crippen molar-refractivity contribution >= 4 is 11.8 Å². The summed E-state index contributed by atoms with van der Waals surface area (Å²) >= 11 is 0. The molecule has 0 saturated heterocycles. The summed E-state index contributed by atoms with van der Waals surface area (Å²) in [4.78, 5) is 25.6. The summed E-state index contributed by atoms with van der Waals surface area (Å²) in [6, 6.07) is 6.11. The molecule has 1 unspecified atom stereocenters. The molecule has 0 radical (unpaired) electrons. The van der Waals surface area contributed by atoms with Crippen molar-refractivity contribution in [3.05, 3.63) is 29.8 Å². The van der Waals surface area contributed by atoms with Crippen LogP contribution in [0.3, 0.4) is 0 Å². The van der Waals surface area contributed by atoms with Gasteiger partial charge in [-0.2, -0.15) is 0 Å². The molecule has 0 aliphatic carbocycles. The fourth-order valence-electron chi connectivity index (χ4n) is 2.00. The number of hydrogen-bond acceptors (Lipinski definition) is 3. The minimum absolute atomic E-state index is 0.0581. The molecule has 1 atom stereocenters. The third-order valence-corrected chi connectivity index (χ3v) is 3.17. The summed E-state index contributed by atoms with van der Waals surface area (Å²) in [5, 5.41) is 12.3. The minimum atomic E-state index is -0.562. The molecule has 0 saturated carbocycles. The third kappa shape index (κ3) is 4.26. The van der Waals surface area contributed by atoms with Crippen LogP contribution in [0, 0.1) is 0 Å².